The first-order chi connectivity index (χ1) is 7.93. The fraction of sp³-hybridized carbons (Fsp3) is 0.455. The van der Waals surface area contributed by atoms with Gasteiger partial charge >= 0.3 is 0 Å². The first kappa shape index (κ1) is 14.1. The van der Waals surface area contributed by atoms with E-state index in [-0.39, 0.29) is 19.2 Å². The molecule has 0 radical (unpaired) electrons. The van der Waals surface area contributed by atoms with Crippen molar-refractivity contribution < 1.29 is 13.5 Å². The molecular weight excluding hydrogens is 240 g/mol. The molecule has 0 aliphatic heterocycles. The molecule has 0 spiro atoms. The van der Waals surface area contributed by atoms with Gasteiger partial charge in [0.05, 0.1) is 6.61 Å². The predicted octanol–water partition coefficient (Wildman–Crippen LogP) is 0.511. The minimum atomic E-state index is -3.46. The third kappa shape index (κ3) is 5.27. The largest absolute Gasteiger partial charge is 0.392 e. The van der Waals surface area contributed by atoms with Crippen LogP contribution in [0.1, 0.15) is 25.0 Å². The van der Waals surface area contributed by atoms with Crippen LogP contribution in [0.2, 0.25) is 0 Å². The van der Waals surface area contributed by atoms with Crippen molar-refractivity contribution in [1.29, 1.82) is 0 Å². The molecule has 96 valence electrons. The summed E-state index contributed by atoms with van der Waals surface area (Å²) in [5.41, 5.74) is 1.57. The van der Waals surface area contributed by atoms with Gasteiger partial charge in [0.1, 0.15) is 0 Å². The second-order valence-corrected chi connectivity index (χ2v) is 5.61. The van der Waals surface area contributed by atoms with Crippen molar-refractivity contribution in [2.75, 3.05) is 0 Å². The van der Waals surface area contributed by atoms with Gasteiger partial charge in [-0.3, -0.25) is 0 Å². The van der Waals surface area contributed by atoms with Gasteiger partial charge in [0, 0.05) is 12.6 Å². The number of hydrogen-bond acceptors (Lipinski definition) is 3. The van der Waals surface area contributed by atoms with E-state index in [1.54, 1.807) is 38.1 Å². The molecule has 0 saturated carbocycles. The summed E-state index contributed by atoms with van der Waals surface area (Å²) in [7, 11) is -3.46. The highest BCUT2D eigenvalue weighted by Crippen LogP contribution is 2.05. The Bertz CT molecular complexity index is 458. The minimum Gasteiger partial charge on any atom is -0.392 e. The molecule has 6 heteroatoms. The van der Waals surface area contributed by atoms with E-state index in [0.29, 0.717) is 0 Å². The van der Waals surface area contributed by atoms with Gasteiger partial charge in [-0.15, -0.1) is 0 Å². The summed E-state index contributed by atoms with van der Waals surface area (Å²) in [5.74, 6) is 0. The zero-order chi connectivity index (χ0) is 12.9. The maximum absolute atomic E-state index is 11.5. The molecule has 1 rings (SSSR count). The second kappa shape index (κ2) is 6.11. The van der Waals surface area contributed by atoms with E-state index in [1.165, 1.54) is 0 Å². The quantitative estimate of drug-likeness (QED) is 0.695. The summed E-state index contributed by atoms with van der Waals surface area (Å²) < 4.78 is 27.9. The van der Waals surface area contributed by atoms with Crippen LogP contribution in [0.4, 0.5) is 0 Å². The minimum absolute atomic E-state index is 0.0508. The fourth-order valence-corrected chi connectivity index (χ4v) is 2.43. The number of aliphatic hydroxyl groups excluding tert-OH is 1. The maximum atomic E-state index is 11.5. The number of aliphatic hydroxyl groups is 1. The summed E-state index contributed by atoms with van der Waals surface area (Å²) in [5, 5.41) is 8.96. The molecule has 5 nitrogen and oxygen atoms in total. The van der Waals surface area contributed by atoms with Crippen molar-refractivity contribution in [2.24, 2.45) is 0 Å². The molecule has 0 bridgehead atoms. The van der Waals surface area contributed by atoms with Crippen LogP contribution < -0.4 is 9.44 Å². The molecule has 0 atom stereocenters. The van der Waals surface area contributed by atoms with Crippen LogP contribution in [0, 0.1) is 0 Å². The fourth-order valence-electron chi connectivity index (χ4n) is 1.37. The Morgan fingerprint density at radius 1 is 1.29 bits per heavy atom. The first-order valence-electron chi connectivity index (χ1n) is 5.38. The Labute approximate surface area is 102 Å². The topological polar surface area (TPSA) is 78.4 Å². The highest BCUT2D eigenvalue weighted by molar-refractivity contribution is 7.87. The lowest BCUT2D eigenvalue weighted by Gasteiger charge is -2.11. The van der Waals surface area contributed by atoms with Crippen LogP contribution in [0.5, 0.6) is 0 Å². The predicted molar refractivity (Wildman–Crippen MR) is 66.4 cm³/mol. The Morgan fingerprint density at radius 2 is 1.94 bits per heavy atom. The number of nitrogens with one attached hydrogen (secondary N) is 2. The summed E-state index contributed by atoms with van der Waals surface area (Å²) >= 11 is 0. The molecule has 0 heterocycles. The molecule has 0 aliphatic carbocycles. The van der Waals surface area contributed by atoms with Crippen LogP contribution in [-0.4, -0.2) is 19.6 Å². The van der Waals surface area contributed by atoms with E-state index in [9.17, 15) is 8.42 Å². The molecule has 1 aromatic rings. The summed E-state index contributed by atoms with van der Waals surface area (Å²) in [4.78, 5) is 0. The van der Waals surface area contributed by atoms with E-state index in [0.717, 1.165) is 11.1 Å². The van der Waals surface area contributed by atoms with Crippen molar-refractivity contribution in [3.8, 4) is 0 Å². The van der Waals surface area contributed by atoms with E-state index in [1.807, 2.05) is 0 Å². The van der Waals surface area contributed by atoms with Crippen molar-refractivity contribution in [2.45, 2.75) is 33.0 Å². The Balaban J connectivity index is 2.61. The third-order valence-electron chi connectivity index (χ3n) is 2.03. The van der Waals surface area contributed by atoms with Gasteiger partial charge in [-0.25, -0.2) is 0 Å². The van der Waals surface area contributed by atoms with Gasteiger partial charge in [0.25, 0.3) is 10.2 Å². The molecule has 0 amide bonds. The summed E-state index contributed by atoms with van der Waals surface area (Å²) in [6.07, 6.45) is 0. The van der Waals surface area contributed by atoms with Crippen LogP contribution in [0.25, 0.3) is 0 Å². The average molecular weight is 258 g/mol. The Morgan fingerprint density at radius 3 is 2.53 bits per heavy atom. The summed E-state index contributed by atoms with van der Waals surface area (Å²) in [6, 6.07) is 6.99. The lowest BCUT2D eigenvalue weighted by atomic mass is 10.1. The Hall–Kier alpha value is -0.950. The van der Waals surface area contributed by atoms with Crippen molar-refractivity contribution in [3.63, 3.8) is 0 Å². The molecular formula is C11H18N2O3S. The standard InChI is InChI=1S/C11H18N2O3S/c1-9(2)13-17(15,16)12-7-10-4-3-5-11(6-10)8-14/h3-6,9,12-14H,7-8H2,1-2H3. The second-order valence-electron chi connectivity index (χ2n) is 4.08. The Kier molecular flexibility index (Phi) is 5.07. The SMILES string of the molecule is CC(C)NS(=O)(=O)NCc1cccc(CO)c1. The van der Waals surface area contributed by atoms with Gasteiger partial charge in [-0.2, -0.15) is 17.9 Å². The van der Waals surface area contributed by atoms with Crippen LogP contribution in [-0.2, 0) is 23.4 Å². The van der Waals surface area contributed by atoms with Gasteiger partial charge < -0.3 is 5.11 Å². The monoisotopic (exact) mass is 258 g/mol. The van der Waals surface area contributed by atoms with E-state index < -0.39 is 10.2 Å². The molecule has 0 fully saturated rings. The highest BCUT2D eigenvalue weighted by Gasteiger charge is 2.10. The molecule has 0 saturated heterocycles. The van der Waals surface area contributed by atoms with Gasteiger partial charge in [0.2, 0.25) is 0 Å². The van der Waals surface area contributed by atoms with Gasteiger partial charge in [-0.1, -0.05) is 24.3 Å². The smallest absolute Gasteiger partial charge is 0.277 e. The average Bonchev–Trinajstić information content (AvgIpc) is 2.25. The number of hydrogen-bond donors (Lipinski definition) is 3. The van der Waals surface area contributed by atoms with E-state index in [4.69, 9.17) is 5.11 Å². The normalized spacial score (nSPS) is 12.0. The molecule has 1 aromatic carbocycles. The van der Waals surface area contributed by atoms with Crippen LogP contribution in [0.3, 0.4) is 0 Å². The lowest BCUT2D eigenvalue weighted by Crippen LogP contribution is -2.39. The van der Waals surface area contributed by atoms with Crippen molar-refractivity contribution >= 4 is 10.2 Å². The highest BCUT2D eigenvalue weighted by atomic mass is 32.2. The molecule has 0 aliphatic rings. The van der Waals surface area contributed by atoms with Crippen molar-refractivity contribution in [3.05, 3.63) is 35.4 Å². The molecule has 0 unspecified atom stereocenters. The third-order valence-corrected chi connectivity index (χ3v) is 3.34. The van der Waals surface area contributed by atoms with Crippen molar-refractivity contribution in [1.82, 2.24) is 9.44 Å². The zero-order valence-electron chi connectivity index (χ0n) is 9.97. The zero-order valence-corrected chi connectivity index (χ0v) is 10.8. The number of rotatable bonds is 6. The summed E-state index contributed by atoms with van der Waals surface area (Å²) in [6.45, 7) is 3.66. The molecule has 17 heavy (non-hydrogen) atoms. The molecule has 3 N–H and O–H groups in total. The van der Waals surface area contributed by atoms with Gasteiger partial charge in [0.15, 0.2) is 0 Å². The van der Waals surface area contributed by atoms with Gasteiger partial charge in [-0.05, 0) is 25.0 Å². The number of benzene rings is 1. The maximum Gasteiger partial charge on any atom is 0.277 e. The van der Waals surface area contributed by atoms with E-state index in [2.05, 4.69) is 9.44 Å². The lowest BCUT2D eigenvalue weighted by molar-refractivity contribution is 0.281. The van der Waals surface area contributed by atoms with Crippen LogP contribution >= 0.6 is 0 Å². The van der Waals surface area contributed by atoms with E-state index >= 15 is 0 Å². The van der Waals surface area contributed by atoms with Crippen LogP contribution in [0.15, 0.2) is 24.3 Å². The first-order valence-corrected chi connectivity index (χ1v) is 6.87. The molecule has 0 aromatic heterocycles.